The number of hydrogen-bond acceptors (Lipinski definition) is 5. The van der Waals surface area contributed by atoms with Gasteiger partial charge in [0.1, 0.15) is 6.54 Å². The molecule has 5 nitrogen and oxygen atoms in total. The molecule has 0 radical (unpaired) electrons. The van der Waals surface area contributed by atoms with Crippen molar-refractivity contribution in [2.24, 2.45) is 0 Å². The Morgan fingerprint density at radius 3 is 3.20 bits per heavy atom. The number of nitrogens with zero attached hydrogens (tertiary/aromatic N) is 1. The van der Waals surface area contributed by atoms with Crippen LogP contribution in [0.3, 0.4) is 0 Å². The zero-order valence-electron chi connectivity index (χ0n) is 8.49. The average Bonchev–Trinajstić information content (AvgIpc) is 2.61. The molecule has 3 N–H and O–H groups in total. The van der Waals surface area contributed by atoms with E-state index in [1.54, 1.807) is 5.01 Å². The topological polar surface area (TPSA) is 67.6 Å². The summed E-state index contributed by atoms with van der Waals surface area (Å²) in [7, 11) is 1.37. The van der Waals surface area contributed by atoms with E-state index in [0.717, 1.165) is 11.3 Å². The minimum Gasteiger partial charge on any atom is -0.468 e. The number of fused-ring (bicyclic) bond motifs is 1. The van der Waals surface area contributed by atoms with Gasteiger partial charge in [-0.3, -0.25) is 9.80 Å². The summed E-state index contributed by atoms with van der Waals surface area (Å²) in [5.74, 6) is -0.280. The van der Waals surface area contributed by atoms with E-state index in [1.165, 1.54) is 7.11 Å². The lowest BCUT2D eigenvalue weighted by Gasteiger charge is -2.17. The second-order valence-corrected chi connectivity index (χ2v) is 3.39. The molecule has 0 saturated carbocycles. The average molecular weight is 207 g/mol. The molecule has 0 saturated heterocycles. The molecule has 80 valence electrons. The van der Waals surface area contributed by atoms with Crippen LogP contribution in [0.25, 0.3) is 0 Å². The summed E-state index contributed by atoms with van der Waals surface area (Å²) in [6, 6.07) is 5.65. The molecule has 0 spiro atoms. The monoisotopic (exact) mass is 207 g/mol. The first kappa shape index (κ1) is 9.79. The second-order valence-electron chi connectivity index (χ2n) is 3.39. The highest BCUT2D eigenvalue weighted by Gasteiger charge is 2.20. The summed E-state index contributed by atoms with van der Waals surface area (Å²) < 4.78 is 4.61. The van der Waals surface area contributed by atoms with Crippen molar-refractivity contribution in [3.05, 3.63) is 23.8 Å². The number of esters is 1. The third kappa shape index (κ3) is 1.87. The molecule has 2 rings (SSSR count). The highest BCUT2D eigenvalue weighted by atomic mass is 16.5. The van der Waals surface area contributed by atoms with Crippen molar-refractivity contribution in [3.63, 3.8) is 0 Å². The van der Waals surface area contributed by atoms with Gasteiger partial charge in [-0.25, -0.2) is 5.43 Å². The number of nitrogens with one attached hydrogen (secondary N) is 1. The first-order valence-corrected chi connectivity index (χ1v) is 4.67. The Kier molecular flexibility index (Phi) is 2.47. The summed E-state index contributed by atoms with van der Waals surface area (Å²) in [5.41, 5.74) is 11.5. The van der Waals surface area contributed by atoms with Gasteiger partial charge in [0.25, 0.3) is 0 Å². The van der Waals surface area contributed by atoms with E-state index < -0.39 is 0 Å². The normalized spacial score (nSPS) is 13.8. The number of ether oxygens (including phenoxy) is 1. The van der Waals surface area contributed by atoms with Gasteiger partial charge in [0.2, 0.25) is 0 Å². The molecule has 0 unspecified atom stereocenters. The Bertz CT molecular complexity index is 392. The summed E-state index contributed by atoms with van der Waals surface area (Å²) in [5, 5.41) is 1.75. The first-order chi connectivity index (χ1) is 7.20. The molecule has 0 aliphatic carbocycles. The molecule has 0 aromatic heterocycles. The number of methoxy groups -OCH3 is 1. The summed E-state index contributed by atoms with van der Waals surface area (Å²) in [6.45, 7) is 0.902. The van der Waals surface area contributed by atoms with Gasteiger partial charge in [0.05, 0.1) is 12.8 Å². The van der Waals surface area contributed by atoms with E-state index in [1.807, 2.05) is 18.2 Å². The molecular weight excluding hydrogens is 194 g/mol. The first-order valence-electron chi connectivity index (χ1n) is 4.67. The van der Waals surface area contributed by atoms with Gasteiger partial charge >= 0.3 is 5.97 Å². The van der Waals surface area contributed by atoms with Crippen molar-refractivity contribution >= 4 is 17.3 Å². The van der Waals surface area contributed by atoms with Crippen molar-refractivity contribution in [1.29, 1.82) is 0 Å². The molecule has 0 atom stereocenters. The maximum atomic E-state index is 11.1. The maximum Gasteiger partial charge on any atom is 0.326 e. The van der Waals surface area contributed by atoms with E-state index >= 15 is 0 Å². The number of hydrogen-bond donors (Lipinski definition) is 2. The lowest BCUT2D eigenvalue weighted by atomic mass is 10.2. The van der Waals surface area contributed by atoms with Crippen LogP contribution in [0.1, 0.15) is 5.56 Å². The Morgan fingerprint density at radius 1 is 1.67 bits per heavy atom. The molecule has 0 amide bonds. The van der Waals surface area contributed by atoms with Gasteiger partial charge in [-0.15, -0.1) is 0 Å². The maximum absolute atomic E-state index is 11.1. The number of nitrogens with two attached hydrogens (primary N) is 1. The zero-order chi connectivity index (χ0) is 10.8. The predicted octanol–water partition coefficient (Wildman–Crippen LogP) is 0.266. The molecular formula is C10H13N3O2. The lowest BCUT2D eigenvalue weighted by Crippen LogP contribution is -2.37. The van der Waals surface area contributed by atoms with Gasteiger partial charge < -0.3 is 10.5 Å². The standard InChI is InChI=1S/C10H13N3O2/c1-15-10(14)6-13-9-4-8(11)3-2-7(9)5-12-13/h2-4,12H,5-6,11H2,1H3. The number of nitrogen functional groups attached to an aromatic ring is 1. The van der Waals surface area contributed by atoms with E-state index in [0.29, 0.717) is 12.2 Å². The molecule has 0 bridgehead atoms. The Balaban J connectivity index is 2.20. The minimum absolute atomic E-state index is 0.187. The van der Waals surface area contributed by atoms with Crippen molar-refractivity contribution in [1.82, 2.24) is 5.43 Å². The summed E-state index contributed by atoms with van der Waals surface area (Å²) in [4.78, 5) is 11.1. The number of carbonyl (C=O) groups is 1. The fourth-order valence-corrected chi connectivity index (χ4v) is 1.58. The van der Waals surface area contributed by atoms with E-state index in [-0.39, 0.29) is 12.5 Å². The largest absolute Gasteiger partial charge is 0.468 e. The summed E-state index contributed by atoms with van der Waals surface area (Å²) >= 11 is 0. The van der Waals surface area contributed by atoms with Crippen LogP contribution in [0.2, 0.25) is 0 Å². The molecule has 1 aliphatic rings. The van der Waals surface area contributed by atoms with Crippen LogP contribution < -0.4 is 16.2 Å². The number of carbonyl (C=O) groups excluding carboxylic acids is 1. The molecule has 1 aromatic rings. The molecule has 15 heavy (non-hydrogen) atoms. The predicted molar refractivity (Wildman–Crippen MR) is 57.1 cm³/mol. The number of rotatable bonds is 2. The fraction of sp³-hybridized carbons (Fsp3) is 0.300. The Labute approximate surface area is 87.8 Å². The van der Waals surface area contributed by atoms with Crippen molar-refractivity contribution in [2.75, 3.05) is 24.4 Å². The smallest absolute Gasteiger partial charge is 0.326 e. The van der Waals surface area contributed by atoms with Gasteiger partial charge in [-0.1, -0.05) is 6.07 Å². The van der Waals surface area contributed by atoms with E-state index in [9.17, 15) is 4.79 Å². The van der Waals surface area contributed by atoms with Crippen molar-refractivity contribution < 1.29 is 9.53 Å². The fourth-order valence-electron chi connectivity index (χ4n) is 1.58. The van der Waals surface area contributed by atoms with E-state index in [2.05, 4.69) is 10.2 Å². The quantitative estimate of drug-likeness (QED) is 0.538. The van der Waals surface area contributed by atoms with Crippen molar-refractivity contribution in [3.8, 4) is 0 Å². The molecule has 1 aliphatic heterocycles. The third-order valence-electron chi connectivity index (χ3n) is 2.38. The Morgan fingerprint density at radius 2 is 2.47 bits per heavy atom. The van der Waals surface area contributed by atoms with Crippen LogP contribution in [-0.4, -0.2) is 19.6 Å². The molecule has 0 fully saturated rings. The van der Waals surface area contributed by atoms with Crippen LogP contribution in [0.5, 0.6) is 0 Å². The SMILES string of the molecule is COC(=O)CN1NCc2ccc(N)cc21. The van der Waals surface area contributed by atoms with Crippen LogP contribution in [0.4, 0.5) is 11.4 Å². The van der Waals surface area contributed by atoms with Crippen molar-refractivity contribution in [2.45, 2.75) is 6.54 Å². The number of hydrazine groups is 1. The zero-order valence-corrected chi connectivity index (χ0v) is 8.49. The molecule has 1 aromatic carbocycles. The molecule has 1 heterocycles. The third-order valence-corrected chi connectivity index (χ3v) is 2.38. The number of benzene rings is 1. The lowest BCUT2D eigenvalue weighted by molar-refractivity contribution is -0.139. The van der Waals surface area contributed by atoms with Crippen LogP contribution in [0.15, 0.2) is 18.2 Å². The van der Waals surface area contributed by atoms with Crippen LogP contribution >= 0.6 is 0 Å². The van der Waals surface area contributed by atoms with Gasteiger partial charge in [-0.05, 0) is 17.7 Å². The molecule has 5 heteroatoms. The minimum atomic E-state index is -0.280. The van der Waals surface area contributed by atoms with Gasteiger partial charge in [0.15, 0.2) is 0 Å². The van der Waals surface area contributed by atoms with Crippen LogP contribution in [-0.2, 0) is 16.1 Å². The van der Waals surface area contributed by atoms with Crippen LogP contribution in [0, 0.1) is 0 Å². The van der Waals surface area contributed by atoms with E-state index in [4.69, 9.17) is 5.73 Å². The van der Waals surface area contributed by atoms with Gasteiger partial charge in [-0.2, -0.15) is 0 Å². The summed E-state index contributed by atoms with van der Waals surface area (Å²) in [6.07, 6.45) is 0. The van der Waals surface area contributed by atoms with Gasteiger partial charge in [0, 0.05) is 12.2 Å². The highest BCUT2D eigenvalue weighted by molar-refractivity contribution is 5.77. The number of anilines is 2. The highest BCUT2D eigenvalue weighted by Crippen LogP contribution is 2.26. The second kappa shape index (κ2) is 3.78. The Hall–Kier alpha value is -1.75.